The first-order chi connectivity index (χ1) is 15.5. The second-order valence-corrected chi connectivity index (χ2v) is 11.2. The van der Waals surface area contributed by atoms with Crippen molar-refractivity contribution in [3.8, 4) is 0 Å². The lowest BCUT2D eigenvalue weighted by molar-refractivity contribution is -0.384. The third kappa shape index (κ3) is 3.92. The van der Waals surface area contributed by atoms with E-state index in [1.54, 1.807) is 13.8 Å². The first-order valence-electron chi connectivity index (χ1n) is 10.6. The Kier molecular flexibility index (Phi) is 6.47. The molecule has 3 fully saturated rings. The SMILES string of the molecule is CC(C)C(C(=O)OCC(=O)c1cccc([N+](=O)[O-])c1)N1C(=O)C2C3CC(C(Br)C3Br)C2C1=O. The number of benzene rings is 1. The van der Waals surface area contributed by atoms with Gasteiger partial charge >= 0.3 is 5.97 Å². The van der Waals surface area contributed by atoms with Gasteiger partial charge in [-0.25, -0.2) is 4.79 Å². The zero-order valence-electron chi connectivity index (χ0n) is 17.9. The molecule has 1 aromatic carbocycles. The Hall–Kier alpha value is -2.14. The number of nitrogens with zero attached hydrogens (tertiary/aromatic N) is 2. The molecular weight excluding hydrogens is 564 g/mol. The number of ether oxygens (including phenoxy) is 1. The average Bonchev–Trinajstić information content (AvgIpc) is 3.38. The number of nitro benzene ring substituents is 1. The average molecular weight is 586 g/mol. The number of amides is 2. The molecule has 176 valence electrons. The van der Waals surface area contributed by atoms with E-state index in [9.17, 15) is 29.3 Å². The van der Waals surface area contributed by atoms with Gasteiger partial charge in [-0.1, -0.05) is 57.8 Å². The lowest BCUT2D eigenvalue weighted by atomic mass is 9.81. The molecule has 4 rings (SSSR count). The van der Waals surface area contributed by atoms with E-state index < -0.39 is 47.1 Å². The second kappa shape index (κ2) is 8.90. The van der Waals surface area contributed by atoms with Crippen molar-refractivity contribution in [2.45, 2.75) is 36.0 Å². The standard InChI is InChI=1S/C22H22Br2N2O7/c1-9(2)19(22(30)33-8-14(27)10-4-3-5-11(6-10)26(31)32)25-20(28)15-12-7-13(16(15)21(25)29)18(24)17(12)23/h3-6,9,12-13,15-19H,7-8H2,1-2H3. The smallest absolute Gasteiger partial charge is 0.330 e. The Morgan fingerprint density at radius 2 is 1.73 bits per heavy atom. The summed E-state index contributed by atoms with van der Waals surface area (Å²) in [6.07, 6.45) is 0.779. The zero-order valence-corrected chi connectivity index (χ0v) is 21.0. The normalized spacial score (nSPS) is 31.1. The van der Waals surface area contributed by atoms with Gasteiger partial charge in [-0.15, -0.1) is 0 Å². The van der Waals surface area contributed by atoms with Crippen LogP contribution in [0.5, 0.6) is 0 Å². The van der Waals surface area contributed by atoms with Crippen LogP contribution in [0.3, 0.4) is 0 Å². The first kappa shape index (κ1) is 24.0. The minimum absolute atomic E-state index is 0.0186. The molecule has 1 aliphatic heterocycles. The minimum Gasteiger partial charge on any atom is -0.456 e. The van der Waals surface area contributed by atoms with Gasteiger partial charge < -0.3 is 4.74 Å². The molecule has 2 amide bonds. The molecule has 33 heavy (non-hydrogen) atoms. The zero-order chi connectivity index (χ0) is 24.2. The summed E-state index contributed by atoms with van der Waals surface area (Å²) in [6, 6.07) is 3.97. The summed E-state index contributed by atoms with van der Waals surface area (Å²) in [5.41, 5.74) is -0.221. The molecule has 0 spiro atoms. The van der Waals surface area contributed by atoms with Crippen LogP contribution < -0.4 is 0 Å². The largest absolute Gasteiger partial charge is 0.456 e. The quantitative estimate of drug-likeness (QED) is 0.120. The highest BCUT2D eigenvalue weighted by atomic mass is 79.9. The van der Waals surface area contributed by atoms with E-state index in [-0.39, 0.29) is 44.6 Å². The van der Waals surface area contributed by atoms with Crippen LogP contribution in [0.2, 0.25) is 0 Å². The number of alkyl halides is 2. The van der Waals surface area contributed by atoms with Gasteiger partial charge in [-0.05, 0) is 24.2 Å². The number of nitro groups is 1. The lowest BCUT2D eigenvalue weighted by Crippen LogP contribution is -2.50. The topological polar surface area (TPSA) is 124 Å². The van der Waals surface area contributed by atoms with E-state index in [0.717, 1.165) is 17.4 Å². The molecule has 2 saturated carbocycles. The van der Waals surface area contributed by atoms with Crippen molar-refractivity contribution in [2.75, 3.05) is 6.61 Å². The predicted molar refractivity (Wildman–Crippen MR) is 123 cm³/mol. The number of carbonyl (C=O) groups is 4. The van der Waals surface area contributed by atoms with Gasteiger partial charge in [0.25, 0.3) is 5.69 Å². The number of carbonyl (C=O) groups excluding carboxylic acids is 4. The van der Waals surface area contributed by atoms with Crippen molar-refractivity contribution < 1.29 is 28.8 Å². The summed E-state index contributed by atoms with van der Waals surface area (Å²) in [6.45, 7) is 2.76. The maximum atomic E-state index is 13.3. The van der Waals surface area contributed by atoms with E-state index >= 15 is 0 Å². The molecule has 9 nitrogen and oxygen atoms in total. The highest BCUT2D eigenvalue weighted by molar-refractivity contribution is 9.12. The van der Waals surface area contributed by atoms with Gasteiger partial charge in [-0.2, -0.15) is 0 Å². The molecule has 0 aromatic heterocycles. The number of fused-ring (bicyclic) bond motifs is 5. The van der Waals surface area contributed by atoms with Crippen molar-refractivity contribution in [1.29, 1.82) is 0 Å². The molecule has 3 aliphatic rings. The van der Waals surface area contributed by atoms with Gasteiger partial charge in [0.2, 0.25) is 17.6 Å². The third-order valence-electron chi connectivity index (χ3n) is 6.90. The van der Waals surface area contributed by atoms with Crippen molar-refractivity contribution in [1.82, 2.24) is 4.90 Å². The number of rotatable bonds is 7. The summed E-state index contributed by atoms with van der Waals surface area (Å²) in [5, 5.41) is 10.9. The monoisotopic (exact) mass is 584 g/mol. The molecule has 1 aromatic rings. The number of likely N-dealkylation sites (tertiary alicyclic amines) is 1. The molecule has 7 unspecified atom stereocenters. The summed E-state index contributed by atoms with van der Waals surface area (Å²) >= 11 is 7.27. The Bertz CT molecular complexity index is 1010. The molecule has 11 heteroatoms. The maximum Gasteiger partial charge on any atom is 0.330 e. The van der Waals surface area contributed by atoms with E-state index in [2.05, 4.69) is 31.9 Å². The first-order valence-corrected chi connectivity index (χ1v) is 12.5. The van der Waals surface area contributed by atoms with Crippen LogP contribution in [0.25, 0.3) is 0 Å². The summed E-state index contributed by atoms with van der Waals surface area (Å²) in [5.74, 6) is -3.48. The maximum absolute atomic E-state index is 13.3. The Morgan fingerprint density at radius 1 is 1.15 bits per heavy atom. The Morgan fingerprint density at radius 3 is 2.24 bits per heavy atom. The fourth-order valence-corrected chi connectivity index (χ4v) is 7.29. The number of imide groups is 1. The highest BCUT2D eigenvalue weighted by Gasteiger charge is 2.67. The molecule has 0 N–H and O–H groups in total. The number of esters is 1. The number of hydrogen-bond acceptors (Lipinski definition) is 7. The molecule has 0 radical (unpaired) electrons. The summed E-state index contributed by atoms with van der Waals surface area (Å²) < 4.78 is 5.20. The highest BCUT2D eigenvalue weighted by Crippen LogP contribution is 2.60. The van der Waals surface area contributed by atoms with Crippen molar-refractivity contribution in [3.05, 3.63) is 39.9 Å². The van der Waals surface area contributed by atoms with Gasteiger partial charge in [0.05, 0.1) is 16.8 Å². The third-order valence-corrected chi connectivity index (χ3v) is 10.1. The molecule has 2 aliphatic carbocycles. The molecule has 7 atom stereocenters. The lowest BCUT2D eigenvalue weighted by Gasteiger charge is -2.28. The summed E-state index contributed by atoms with van der Waals surface area (Å²) in [7, 11) is 0. The van der Waals surface area contributed by atoms with E-state index in [1.165, 1.54) is 18.2 Å². The van der Waals surface area contributed by atoms with Gasteiger partial charge in [0.15, 0.2) is 6.61 Å². The predicted octanol–water partition coefficient (Wildman–Crippen LogP) is 3.12. The molecular formula is C22H22Br2N2O7. The number of Topliss-reactive ketones (excluding diaryl/α,β-unsaturated/α-hetero) is 1. The molecule has 1 saturated heterocycles. The van der Waals surface area contributed by atoms with Crippen molar-refractivity contribution in [3.63, 3.8) is 0 Å². The number of halogens is 2. The van der Waals surface area contributed by atoms with Crippen LogP contribution in [0.15, 0.2) is 24.3 Å². The summed E-state index contributed by atoms with van der Waals surface area (Å²) in [4.78, 5) is 63.5. The number of ketones is 1. The van der Waals surface area contributed by atoms with Crippen LogP contribution in [0.1, 0.15) is 30.6 Å². The molecule has 2 bridgehead atoms. The van der Waals surface area contributed by atoms with Crippen LogP contribution >= 0.6 is 31.9 Å². The van der Waals surface area contributed by atoms with Crippen LogP contribution in [-0.2, 0) is 19.1 Å². The second-order valence-electron chi connectivity index (χ2n) is 9.08. The Balaban J connectivity index is 1.49. The van der Waals surface area contributed by atoms with Gasteiger partial charge in [0.1, 0.15) is 6.04 Å². The van der Waals surface area contributed by atoms with E-state index in [4.69, 9.17) is 4.74 Å². The van der Waals surface area contributed by atoms with Crippen LogP contribution in [-0.4, -0.2) is 55.7 Å². The van der Waals surface area contributed by atoms with E-state index in [0.29, 0.717) is 0 Å². The minimum atomic E-state index is -1.14. The van der Waals surface area contributed by atoms with Crippen molar-refractivity contribution >= 4 is 61.1 Å². The fraction of sp³-hybridized carbons (Fsp3) is 0.545. The van der Waals surface area contributed by atoms with Crippen molar-refractivity contribution in [2.24, 2.45) is 29.6 Å². The van der Waals surface area contributed by atoms with E-state index in [1.807, 2.05) is 0 Å². The number of hydrogen-bond donors (Lipinski definition) is 0. The van der Waals surface area contributed by atoms with Crippen LogP contribution in [0, 0.1) is 39.7 Å². The van der Waals surface area contributed by atoms with Gasteiger partial charge in [-0.3, -0.25) is 29.4 Å². The Labute approximate surface area is 206 Å². The molecule has 1 heterocycles. The van der Waals surface area contributed by atoms with Crippen LogP contribution in [0.4, 0.5) is 5.69 Å². The number of non-ortho nitro benzene ring substituents is 1. The fourth-order valence-electron chi connectivity index (χ4n) is 5.42. The van der Waals surface area contributed by atoms with Gasteiger partial charge in [0, 0.05) is 27.4 Å².